The third kappa shape index (κ3) is 4.01. The van der Waals surface area contributed by atoms with Gasteiger partial charge in [-0.25, -0.2) is 4.39 Å². The Labute approximate surface area is 179 Å². The van der Waals surface area contributed by atoms with E-state index in [1.54, 1.807) is 48.5 Å². The van der Waals surface area contributed by atoms with E-state index < -0.39 is 0 Å². The highest BCUT2D eigenvalue weighted by Crippen LogP contribution is 2.32. The number of fused-ring (bicyclic) bond motifs is 1. The molecule has 0 fully saturated rings. The van der Waals surface area contributed by atoms with Gasteiger partial charge in [0.1, 0.15) is 11.4 Å². The molecule has 1 aliphatic rings. The van der Waals surface area contributed by atoms with Crippen LogP contribution in [0.15, 0.2) is 48.7 Å². The third-order valence-corrected chi connectivity index (χ3v) is 5.41. The Morgan fingerprint density at radius 2 is 1.94 bits per heavy atom. The van der Waals surface area contributed by atoms with Crippen LogP contribution in [0.25, 0.3) is 0 Å². The van der Waals surface area contributed by atoms with E-state index in [1.165, 1.54) is 23.9 Å². The molecule has 0 saturated carbocycles. The zero-order chi connectivity index (χ0) is 22.1. The number of rotatable bonds is 4. The van der Waals surface area contributed by atoms with Crippen LogP contribution in [-0.2, 0) is 13.5 Å². The molecule has 1 aliphatic heterocycles. The van der Waals surface area contributed by atoms with Crippen molar-refractivity contribution in [1.29, 1.82) is 0 Å². The fourth-order valence-electron chi connectivity index (χ4n) is 3.84. The van der Waals surface area contributed by atoms with Crippen LogP contribution < -0.4 is 15.0 Å². The summed E-state index contributed by atoms with van der Waals surface area (Å²) in [5, 5.41) is 6.86. The van der Waals surface area contributed by atoms with E-state index in [-0.39, 0.29) is 29.6 Å². The minimum Gasteiger partial charge on any atom is -0.479 e. The summed E-state index contributed by atoms with van der Waals surface area (Å²) in [4.78, 5) is 27.5. The molecule has 8 heteroatoms. The number of ether oxygens (including phenoxy) is 1. The molecule has 2 heterocycles. The molecule has 0 radical (unpaired) electrons. The molecule has 1 aromatic heterocycles. The van der Waals surface area contributed by atoms with Crippen molar-refractivity contribution in [3.8, 4) is 5.88 Å². The topological polar surface area (TPSA) is 76.5 Å². The van der Waals surface area contributed by atoms with E-state index in [1.807, 2.05) is 6.92 Å². The van der Waals surface area contributed by atoms with Crippen LogP contribution in [0.1, 0.15) is 39.6 Å². The highest BCUT2D eigenvalue weighted by molar-refractivity contribution is 6.08. The molecule has 160 valence electrons. The van der Waals surface area contributed by atoms with Crippen molar-refractivity contribution in [2.24, 2.45) is 7.05 Å². The zero-order valence-electron chi connectivity index (χ0n) is 17.6. The Bertz CT molecular complexity index is 1140. The fourth-order valence-corrected chi connectivity index (χ4v) is 3.84. The van der Waals surface area contributed by atoms with E-state index in [9.17, 15) is 14.0 Å². The highest BCUT2D eigenvalue weighted by atomic mass is 19.1. The van der Waals surface area contributed by atoms with Crippen molar-refractivity contribution >= 4 is 23.2 Å². The predicted molar refractivity (Wildman–Crippen MR) is 115 cm³/mol. The van der Waals surface area contributed by atoms with E-state index in [0.717, 1.165) is 24.1 Å². The minimum atomic E-state index is -0.357. The van der Waals surface area contributed by atoms with Gasteiger partial charge in [0.25, 0.3) is 11.8 Å². The molecule has 1 atom stereocenters. The van der Waals surface area contributed by atoms with Crippen molar-refractivity contribution in [1.82, 2.24) is 9.78 Å². The maximum atomic E-state index is 13.6. The number of halogens is 1. The SMILES string of the molecule is COc1nn(C)cc1C(=O)Nc1ccc(C(=O)N2c3ccc(F)cc3CCC2C)cc1. The van der Waals surface area contributed by atoms with Gasteiger partial charge < -0.3 is 15.0 Å². The van der Waals surface area contributed by atoms with Crippen LogP contribution in [0, 0.1) is 5.82 Å². The first-order chi connectivity index (χ1) is 14.9. The van der Waals surface area contributed by atoms with E-state index in [0.29, 0.717) is 16.8 Å². The summed E-state index contributed by atoms with van der Waals surface area (Å²) < 4.78 is 20.2. The Hall–Kier alpha value is -3.68. The lowest BCUT2D eigenvalue weighted by Gasteiger charge is -2.35. The second-order valence-corrected chi connectivity index (χ2v) is 7.59. The maximum absolute atomic E-state index is 13.6. The number of benzene rings is 2. The van der Waals surface area contributed by atoms with Gasteiger partial charge in [-0.3, -0.25) is 14.3 Å². The fraction of sp³-hybridized carbons (Fsp3) is 0.261. The molecular weight excluding hydrogens is 399 g/mol. The summed E-state index contributed by atoms with van der Waals surface area (Å²) in [6, 6.07) is 11.2. The average Bonchev–Trinajstić information content (AvgIpc) is 3.15. The number of carbonyl (C=O) groups excluding carboxylic acids is 2. The van der Waals surface area contributed by atoms with Crippen LogP contribution in [0.4, 0.5) is 15.8 Å². The van der Waals surface area contributed by atoms with Gasteiger partial charge in [0, 0.05) is 36.2 Å². The Kier molecular flexibility index (Phi) is 5.46. The number of amides is 2. The summed E-state index contributed by atoms with van der Waals surface area (Å²) in [7, 11) is 3.15. The molecule has 7 nitrogen and oxygen atoms in total. The van der Waals surface area contributed by atoms with Crippen molar-refractivity contribution in [2.75, 3.05) is 17.3 Å². The van der Waals surface area contributed by atoms with Gasteiger partial charge in [0.05, 0.1) is 7.11 Å². The molecule has 1 unspecified atom stereocenters. The second-order valence-electron chi connectivity index (χ2n) is 7.59. The van der Waals surface area contributed by atoms with Crippen LogP contribution in [-0.4, -0.2) is 34.7 Å². The molecule has 0 spiro atoms. The summed E-state index contributed by atoms with van der Waals surface area (Å²) in [6.45, 7) is 1.99. The van der Waals surface area contributed by atoms with Gasteiger partial charge in [0.15, 0.2) is 0 Å². The Morgan fingerprint density at radius 1 is 1.19 bits per heavy atom. The molecule has 2 amide bonds. The number of carbonyl (C=O) groups is 2. The first kappa shape index (κ1) is 20.6. The molecular formula is C23H23FN4O3. The summed E-state index contributed by atoms with van der Waals surface area (Å²) >= 11 is 0. The second kappa shape index (κ2) is 8.22. The van der Waals surface area contributed by atoms with Gasteiger partial charge >= 0.3 is 0 Å². The molecule has 4 rings (SSSR count). The zero-order valence-corrected chi connectivity index (χ0v) is 17.6. The number of aromatic nitrogens is 2. The number of methoxy groups -OCH3 is 1. The van der Waals surface area contributed by atoms with Crippen LogP contribution in [0.3, 0.4) is 0 Å². The first-order valence-corrected chi connectivity index (χ1v) is 9.98. The molecule has 0 saturated heterocycles. The molecule has 0 bridgehead atoms. The largest absolute Gasteiger partial charge is 0.479 e. The van der Waals surface area contributed by atoms with Crippen LogP contribution in [0.5, 0.6) is 5.88 Å². The van der Waals surface area contributed by atoms with Gasteiger partial charge in [-0.1, -0.05) is 0 Å². The van der Waals surface area contributed by atoms with E-state index >= 15 is 0 Å². The highest BCUT2D eigenvalue weighted by Gasteiger charge is 2.29. The number of nitrogens with one attached hydrogen (secondary N) is 1. The summed E-state index contributed by atoms with van der Waals surface area (Å²) in [5.41, 5.74) is 2.92. The normalized spacial score (nSPS) is 15.4. The smallest absolute Gasteiger partial charge is 0.262 e. The first-order valence-electron chi connectivity index (χ1n) is 9.98. The lowest BCUT2D eigenvalue weighted by Crippen LogP contribution is -2.42. The lowest BCUT2D eigenvalue weighted by molar-refractivity contribution is 0.0974. The number of nitrogens with zero attached hydrogens (tertiary/aromatic N) is 3. The number of hydrogen-bond donors (Lipinski definition) is 1. The summed E-state index contributed by atoms with van der Waals surface area (Å²) in [5.74, 6) is -0.580. The monoisotopic (exact) mass is 422 g/mol. The molecule has 0 aliphatic carbocycles. The van der Waals surface area contributed by atoms with E-state index in [4.69, 9.17) is 4.74 Å². The van der Waals surface area contributed by atoms with Crippen LogP contribution in [0.2, 0.25) is 0 Å². The van der Waals surface area contributed by atoms with Gasteiger partial charge in [0.2, 0.25) is 5.88 Å². The Morgan fingerprint density at radius 3 is 2.65 bits per heavy atom. The standard InChI is InChI=1S/C23H23FN4O3/c1-14-4-5-16-12-17(24)8-11-20(16)28(14)23(30)15-6-9-18(10-7-15)25-21(29)19-13-27(2)26-22(19)31-3/h6-14H,4-5H2,1-3H3,(H,25,29). The van der Waals surface area contributed by atoms with Crippen molar-refractivity contribution in [2.45, 2.75) is 25.8 Å². The number of aryl methyl sites for hydroxylation is 2. The van der Waals surface area contributed by atoms with Gasteiger partial charge in [-0.2, -0.15) is 0 Å². The van der Waals surface area contributed by atoms with Gasteiger partial charge in [-0.05, 0) is 67.8 Å². The number of hydrogen-bond acceptors (Lipinski definition) is 4. The molecule has 3 aromatic rings. The number of anilines is 2. The lowest BCUT2D eigenvalue weighted by atomic mass is 9.95. The Balaban J connectivity index is 1.53. The third-order valence-electron chi connectivity index (χ3n) is 5.41. The van der Waals surface area contributed by atoms with Crippen molar-refractivity contribution in [3.63, 3.8) is 0 Å². The molecule has 31 heavy (non-hydrogen) atoms. The molecule has 2 aromatic carbocycles. The minimum absolute atomic E-state index is 0.00267. The predicted octanol–water partition coefficient (Wildman–Crippen LogP) is 3.80. The average molecular weight is 422 g/mol. The van der Waals surface area contributed by atoms with E-state index in [2.05, 4.69) is 10.4 Å². The summed E-state index contributed by atoms with van der Waals surface area (Å²) in [6.07, 6.45) is 3.08. The quantitative estimate of drug-likeness (QED) is 0.694. The molecule has 1 N–H and O–H groups in total. The van der Waals surface area contributed by atoms with Crippen molar-refractivity contribution < 1.29 is 18.7 Å². The maximum Gasteiger partial charge on any atom is 0.262 e. The van der Waals surface area contributed by atoms with Crippen LogP contribution >= 0.6 is 0 Å². The van der Waals surface area contributed by atoms with Gasteiger partial charge in [-0.15, -0.1) is 5.10 Å². The van der Waals surface area contributed by atoms with Crippen molar-refractivity contribution in [3.05, 3.63) is 71.2 Å².